The van der Waals surface area contributed by atoms with E-state index in [9.17, 15) is 24.6 Å². The van der Waals surface area contributed by atoms with Gasteiger partial charge in [0.15, 0.2) is 23.1 Å². The van der Waals surface area contributed by atoms with Crippen LogP contribution in [0.5, 0.6) is 11.5 Å². The van der Waals surface area contributed by atoms with Gasteiger partial charge in [-0.05, 0) is 23.8 Å². The summed E-state index contributed by atoms with van der Waals surface area (Å²) in [5.41, 5.74) is 0.594. The molecule has 0 aliphatic heterocycles. The van der Waals surface area contributed by atoms with Gasteiger partial charge in [-0.1, -0.05) is 12.1 Å². The molecule has 1 aromatic rings. The molecule has 0 amide bonds. The van der Waals surface area contributed by atoms with Crippen molar-refractivity contribution in [3.63, 3.8) is 0 Å². The lowest BCUT2D eigenvalue weighted by Gasteiger charge is -2.23. The molecule has 0 heterocycles. The molecule has 2 atom stereocenters. The van der Waals surface area contributed by atoms with Crippen molar-refractivity contribution in [1.29, 1.82) is 0 Å². The molecule has 0 bridgehead atoms. The second-order valence-corrected chi connectivity index (χ2v) is 5.10. The van der Waals surface area contributed by atoms with Gasteiger partial charge < -0.3 is 14.9 Å². The Kier molecular flexibility index (Phi) is 4.72. The smallest absolute Gasteiger partial charge is 0.168 e. The highest BCUT2D eigenvalue weighted by Crippen LogP contribution is 2.27. The normalized spacial score (nSPS) is 22.1. The highest BCUT2D eigenvalue weighted by molar-refractivity contribution is 6.16. The number of aliphatic hydroxyl groups excluding tert-OH is 1. The lowest BCUT2D eigenvalue weighted by molar-refractivity contribution is -0.142. The fourth-order valence-electron chi connectivity index (χ4n) is 2.37. The van der Waals surface area contributed by atoms with Crippen molar-refractivity contribution in [3.8, 4) is 11.5 Å². The maximum atomic E-state index is 12.1. The largest absolute Gasteiger partial charge is 0.504 e. The Morgan fingerprint density at radius 2 is 2.09 bits per heavy atom. The molecular formula is C16H16O6. The molecule has 0 saturated heterocycles. The molecule has 22 heavy (non-hydrogen) atoms. The summed E-state index contributed by atoms with van der Waals surface area (Å²) in [5.74, 6) is -2.41. The number of rotatable bonds is 4. The molecule has 1 saturated carbocycles. The van der Waals surface area contributed by atoms with Crippen molar-refractivity contribution >= 4 is 23.4 Å². The van der Waals surface area contributed by atoms with Gasteiger partial charge in [-0.25, -0.2) is 0 Å². The van der Waals surface area contributed by atoms with Gasteiger partial charge in [0.1, 0.15) is 11.7 Å². The van der Waals surface area contributed by atoms with Crippen molar-refractivity contribution in [3.05, 3.63) is 29.8 Å². The molecular weight excluding hydrogens is 288 g/mol. The maximum Gasteiger partial charge on any atom is 0.168 e. The van der Waals surface area contributed by atoms with Crippen LogP contribution in [0.4, 0.5) is 0 Å². The van der Waals surface area contributed by atoms with E-state index < -0.39 is 23.6 Å². The van der Waals surface area contributed by atoms with E-state index in [0.29, 0.717) is 5.56 Å². The third-order valence-electron chi connectivity index (χ3n) is 3.49. The van der Waals surface area contributed by atoms with Gasteiger partial charge in [0.05, 0.1) is 19.6 Å². The Hall–Kier alpha value is -2.47. The average molecular weight is 304 g/mol. The number of carbonyl (C=O) groups is 3. The summed E-state index contributed by atoms with van der Waals surface area (Å²) in [6.45, 7) is 0. The first-order valence-electron chi connectivity index (χ1n) is 6.73. The second-order valence-electron chi connectivity index (χ2n) is 5.10. The zero-order chi connectivity index (χ0) is 16.3. The van der Waals surface area contributed by atoms with E-state index in [2.05, 4.69) is 0 Å². The molecule has 6 heteroatoms. The third kappa shape index (κ3) is 3.40. The van der Waals surface area contributed by atoms with E-state index in [4.69, 9.17) is 4.74 Å². The van der Waals surface area contributed by atoms with Crippen LogP contribution < -0.4 is 4.74 Å². The number of ketones is 3. The van der Waals surface area contributed by atoms with Crippen molar-refractivity contribution in [2.45, 2.75) is 18.9 Å². The molecule has 0 spiro atoms. The van der Waals surface area contributed by atoms with E-state index >= 15 is 0 Å². The van der Waals surface area contributed by atoms with Gasteiger partial charge in [-0.3, -0.25) is 14.4 Å². The second kappa shape index (κ2) is 6.53. The topological polar surface area (TPSA) is 101 Å². The number of phenols is 1. The van der Waals surface area contributed by atoms with Crippen LogP contribution in [0.1, 0.15) is 18.4 Å². The van der Waals surface area contributed by atoms with E-state index in [1.54, 1.807) is 6.07 Å². The summed E-state index contributed by atoms with van der Waals surface area (Å²) in [5, 5.41) is 19.2. The molecule has 116 valence electrons. The number of Topliss-reactive ketones (excluding diaryl/α,β-unsaturated/α-hetero) is 2. The summed E-state index contributed by atoms with van der Waals surface area (Å²) >= 11 is 0. The summed E-state index contributed by atoms with van der Waals surface area (Å²) in [7, 11) is 1.40. The number of aliphatic hydroxyl groups is 1. The number of aromatic hydroxyl groups is 1. The van der Waals surface area contributed by atoms with E-state index in [-0.39, 0.29) is 30.1 Å². The highest BCUT2D eigenvalue weighted by atomic mass is 16.5. The number of hydrogen-bond donors (Lipinski definition) is 2. The zero-order valence-corrected chi connectivity index (χ0v) is 12.0. The minimum atomic E-state index is -1.26. The van der Waals surface area contributed by atoms with E-state index in [1.165, 1.54) is 31.4 Å². The number of carbonyl (C=O) groups excluding carboxylic acids is 3. The lowest BCUT2D eigenvalue weighted by atomic mass is 9.81. The minimum Gasteiger partial charge on any atom is -0.504 e. The highest BCUT2D eigenvalue weighted by Gasteiger charge is 2.38. The number of benzene rings is 1. The summed E-state index contributed by atoms with van der Waals surface area (Å²) in [6.07, 6.45) is 0.895. The number of ether oxygens (including phenoxy) is 1. The van der Waals surface area contributed by atoms with Crippen LogP contribution in [-0.2, 0) is 14.4 Å². The molecule has 2 N–H and O–H groups in total. The molecule has 1 aromatic carbocycles. The predicted octanol–water partition coefficient (Wildman–Crippen LogP) is 0.892. The van der Waals surface area contributed by atoms with Crippen LogP contribution in [0.25, 0.3) is 6.08 Å². The number of hydrogen-bond acceptors (Lipinski definition) is 6. The first kappa shape index (κ1) is 15.9. The predicted molar refractivity (Wildman–Crippen MR) is 77.4 cm³/mol. The van der Waals surface area contributed by atoms with Gasteiger partial charge in [0.2, 0.25) is 0 Å². The van der Waals surface area contributed by atoms with Gasteiger partial charge >= 0.3 is 0 Å². The Bertz CT molecular complexity index is 646. The summed E-state index contributed by atoms with van der Waals surface area (Å²) in [6, 6.07) is 4.52. The van der Waals surface area contributed by atoms with Gasteiger partial charge in [-0.15, -0.1) is 0 Å². The molecule has 2 unspecified atom stereocenters. The van der Waals surface area contributed by atoms with Crippen LogP contribution in [0.3, 0.4) is 0 Å². The monoisotopic (exact) mass is 304 g/mol. The summed E-state index contributed by atoms with van der Waals surface area (Å²) < 4.78 is 4.95. The van der Waals surface area contributed by atoms with Crippen LogP contribution in [0, 0.1) is 5.92 Å². The van der Waals surface area contributed by atoms with Crippen molar-refractivity contribution in [2.75, 3.05) is 7.11 Å². The molecule has 1 aliphatic rings. The van der Waals surface area contributed by atoms with Crippen LogP contribution >= 0.6 is 0 Å². The Morgan fingerprint density at radius 3 is 2.73 bits per heavy atom. The van der Waals surface area contributed by atoms with E-state index in [1.807, 2.05) is 0 Å². The maximum absolute atomic E-state index is 12.1. The van der Waals surface area contributed by atoms with Crippen LogP contribution in [0.2, 0.25) is 0 Å². The minimum absolute atomic E-state index is 0.0256. The Morgan fingerprint density at radius 1 is 1.36 bits per heavy atom. The lowest BCUT2D eigenvalue weighted by Crippen LogP contribution is -2.41. The van der Waals surface area contributed by atoms with E-state index in [0.717, 1.165) is 0 Å². The van der Waals surface area contributed by atoms with Crippen molar-refractivity contribution in [2.24, 2.45) is 5.92 Å². The molecule has 1 aliphatic carbocycles. The Balaban J connectivity index is 2.14. The number of allylic oxidation sites excluding steroid dienone is 1. The SMILES string of the molecule is COc1cc(C=CC(=O)C2C(=O)CC(=O)CC2O)ccc1O. The third-order valence-corrected chi connectivity index (χ3v) is 3.49. The van der Waals surface area contributed by atoms with Gasteiger partial charge in [0.25, 0.3) is 0 Å². The van der Waals surface area contributed by atoms with Crippen molar-refractivity contribution in [1.82, 2.24) is 0 Å². The standard InChI is InChI=1S/C16H16O6/c1-22-15-6-9(2-4-11(15)18)3-5-12(19)16-13(20)7-10(17)8-14(16)21/h2-6,13,16,18,20H,7-8H2,1H3. The van der Waals surface area contributed by atoms with Gasteiger partial charge in [-0.2, -0.15) is 0 Å². The molecule has 6 nitrogen and oxygen atoms in total. The summed E-state index contributed by atoms with van der Waals surface area (Å²) in [4.78, 5) is 35.0. The van der Waals surface area contributed by atoms with Crippen molar-refractivity contribution < 1.29 is 29.3 Å². The quantitative estimate of drug-likeness (QED) is 0.633. The number of phenolic OH excluding ortho intramolecular Hbond substituents is 1. The zero-order valence-electron chi connectivity index (χ0n) is 12.0. The molecule has 1 fully saturated rings. The van der Waals surface area contributed by atoms with Crippen LogP contribution in [-0.4, -0.2) is 40.8 Å². The number of methoxy groups -OCH3 is 1. The fourth-order valence-corrected chi connectivity index (χ4v) is 2.37. The van der Waals surface area contributed by atoms with Gasteiger partial charge in [0, 0.05) is 6.42 Å². The first-order chi connectivity index (χ1) is 10.4. The fraction of sp³-hybridized carbons (Fsp3) is 0.312. The molecule has 0 aromatic heterocycles. The molecule has 0 radical (unpaired) electrons. The average Bonchev–Trinajstić information content (AvgIpc) is 2.45. The van der Waals surface area contributed by atoms with Crippen LogP contribution in [0.15, 0.2) is 24.3 Å². The Labute approximate surface area is 127 Å². The molecule has 2 rings (SSSR count). The first-order valence-corrected chi connectivity index (χ1v) is 6.73.